The van der Waals surface area contributed by atoms with E-state index in [-0.39, 0.29) is 11.8 Å². The van der Waals surface area contributed by atoms with Crippen LogP contribution in [-0.4, -0.2) is 48.1 Å². The van der Waals surface area contributed by atoms with E-state index in [0.29, 0.717) is 6.42 Å². The van der Waals surface area contributed by atoms with E-state index in [1.165, 1.54) is 11.1 Å². The Hall–Kier alpha value is -1.88. The summed E-state index contributed by atoms with van der Waals surface area (Å²) in [6.45, 7) is 5.61. The van der Waals surface area contributed by atoms with Gasteiger partial charge in [-0.25, -0.2) is 0 Å². The van der Waals surface area contributed by atoms with Crippen molar-refractivity contribution in [1.82, 2.24) is 4.90 Å². The van der Waals surface area contributed by atoms with Crippen LogP contribution in [0.2, 0.25) is 0 Å². The Morgan fingerprint density at radius 1 is 1.19 bits per heavy atom. The molecular weight excluding hydrogens is 328 g/mol. The van der Waals surface area contributed by atoms with E-state index >= 15 is 0 Å². The number of piperidine rings is 1. The second-order valence-corrected chi connectivity index (χ2v) is 7.57. The second kappa shape index (κ2) is 8.67. The minimum absolute atomic E-state index is 0.165. The number of anilines is 1. The van der Waals surface area contributed by atoms with E-state index in [1.54, 1.807) is 0 Å². The molecule has 2 aliphatic heterocycles. The van der Waals surface area contributed by atoms with Crippen molar-refractivity contribution in [2.45, 2.75) is 51.9 Å². The van der Waals surface area contributed by atoms with Gasteiger partial charge in [-0.15, -0.1) is 0 Å². The summed E-state index contributed by atoms with van der Waals surface area (Å²) in [5, 5.41) is 9.09. The van der Waals surface area contributed by atoms with E-state index in [0.717, 1.165) is 70.4 Å². The Morgan fingerprint density at radius 3 is 2.65 bits per heavy atom. The highest BCUT2D eigenvalue weighted by Gasteiger charge is 2.25. The van der Waals surface area contributed by atoms with Crippen molar-refractivity contribution in [3.05, 3.63) is 29.3 Å². The third-order valence-corrected chi connectivity index (χ3v) is 5.68. The number of hydrogen-bond donors (Lipinski definition) is 1. The zero-order valence-electron chi connectivity index (χ0n) is 15.7. The van der Waals surface area contributed by atoms with Crippen molar-refractivity contribution in [2.24, 2.45) is 5.92 Å². The van der Waals surface area contributed by atoms with Crippen molar-refractivity contribution in [2.75, 3.05) is 31.1 Å². The van der Waals surface area contributed by atoms with Crippen molar-refractivity contribution < 1.29 is 14.7 Å². The lowest BCUT2D eigenvalue weighted by atomic mass is 9.96. The predicted molar refractivity (Wildman–Crippen MR) is 103 cm³/mol. The summed E-state index contributed by atoms with van der Waals surface area (Å²) < 4.78 is 0. The molecule has 0 unspecified atom stereocenters. The van der Waals surface area contributed by atoms with E-state index in [2.05, 4.69) is 23.1 Å². The zero-order valence-corrected chi connectivity index (χ0v) is 15.7. The largest absolute Gasteiger partial charge is 0.481 e. The number of nitrogens with zero attached hydrogens (tertiary/aromatic N) is 2. The molecule has 1 fully saturated rings. The summed E-state index contributed by atoms with van der Waals surface area (Å²) in [6.07, 6.45) is 6.09. The summed E-state index contributed by atoms with van der Waals surface area (Å²) in [6, 6.07) is 6.54. The molecule has 0 saturated carbocycles. The van der Waals surface area contributed by atoms with Gasteiger partial charge in [-0.3, -0.25) is 9.59 Å². The smallest absolute Gasteiger partial charge is 0.306 e. The highest BCUT2D eigenvalue weighted by Crippen LogP contribution is 2.29. The maximum Gasteiger partial charge on any atom is 0.306 e. The summed E-state index contributed by atoms with van der Waals surface area (Å²) in [4.78, 5) is 27.7. The summed E-state index contributed by atoms with van der Waals surface area (Å²) in [5.74, 6) is -0.578. The lowest BCUT2D eigenvalue weighted by Crippen LogP contribution is -2.37. The van der Waals surface area contributed by atoms with Crippen LogP contribution < -0.4 is 4.90 Å². The predicted octanol–water partition coefficient (Wildman–Crippen LogP) is 3.11. The number of aliphatic carboxylic acids is 1. The lowest BCUT2D eigenvalue weighted by Gasteiger charge is -2.31. The van der Waals surface area contributed by atoms with Gasteiger partial charge in [0.2, 0.25) is 5.91 Å². The molecule has 2 heterocycles. The van der Waals surface area contributed by atoms with Crippen molar-refractivity contribution >= 4 is 17.6 Å². The molecule has 1 amide bonds. The van der Waals surface area contributed by atoms with Crippen LogP contribution in [0.15, 0.2) is 18.2 Å². The molecule has 0 spiro atoms. The van der Waals surface area contributed by atoms with Gasteiger partial charge in [0, 0.05) is 25.2 Å². The van der Waals surface area contributed by atoms with Crippen LogP contribution in [0.25, 0.3) is 0 Å². The number of benzene rings is 1. The zero-order chi connectivity index (χ0) is 18.5. The molecule has 2 aliphatic rings. The Bertz CT molecular complexity index is 651. The third kappa shape index (κ3) is 4.44. The molecule has 5 heteroatoms. The van der Waals surface area contributed by atoms with Crippen LogP contribution in [0.5, 0.6) is 0 Å². The average Bonchev–Trinajstić information content (AvgIpc) is 2.66. The molecule has 142 valence electrons. The molecule has 0 atom stereocenters. The molecule has 1 aromatic rings. The maximum absolute atomic E-state index is 12.3. The number of fused-ring (bicyclic) bond motifs is 1. The lowest BCUT2D eigenvalue weighted by molar-refractivity contribution is -0.143. The van der Waals surface area contributed by atoms with Crippen LogP contribution >= 0.6 is 0 Å². The molecule has 0 aromatic heterocycles. The van der Waals surface area contributed by atoms with Crippen molar-refractivity contribution in [3.8, 4) is 0 Å². The Balaban J connectivity index is 1.57. The number of aryl methyl sites for hydroxylation is 1. The quantitative estimate of drug-likeness (QED) is 0.849. The maximum atomic E-state index is 12.3. The number of likely N-dealkylation sites (tertiary alicyclic amines) is 1. The van der Waals surface area contributed by atoms with Gasteiger partial charge < -0.3 is 14.9 Å². The standard InChI is InChI=1S/C21H30N2O3/c1-2-4-20(24)23-11-3-5-18-15-16(6-7-19(18)23)8-12-22-13-9-17(10-14-22)21(25)26/h6-7,15,17H,2-5,8-14H2,1H3,(H,25,26). The average molecular weight is 358 g/mol. The number of carboxylic acid groups (broad SMARTS) is 1. The van der Waals surface area contributed by atoms with Crippen LogP contribution in [-0.2, 0) is 22.4 Å². The molecule has 3 rings (SSSR count). The van der Waals surface area contributed by atoms with Crippen LogP contribution in [0.3, 0.4) is 0 Å². The molecule has 0 bridgehead atoms. The summed E-state index contributed by atoms with van der Waals surface area (Å²) in [7, 11) is 0. The van der Waals surface area contributed by atoms with Gasteiger partial charge in [-0.2, -0.15) is 0 Å². The first kappa shape index (κ1) is 18.9. The normalized spacial score (nSPS) is 18.6. The van der Waals surface area contributed by atoms with Gasteiger partial charge in [0.15, 0.2) is 0 Å². The monoisotopic (exact) mass is 358 g/mol. The highest BCUT2D eigenvalue weighted by atomic mass is 16.4. The number of hydrogen-bond acceptors (Lipinski definition) is 3. The number of carbonyl (C=O) groups excluding carboxylic acids is 1. The van der Waals surface area contributed by atoms with Crippen LogP contribution in [0.1, 0.15) is 50.2 Å². The molecule has 1 N–H and O–H groups in total. The highest BCUT2D eigenvalue weighted by molar-refractivity contribution is 5.94. The Labute approximate surface area is 156 Å². The first-order chi connectivity index (χ1) is 12.6. The molecule has 1 saturated heterocycles. The van der Waals surface area contributed by atoms with Crippen LogP contribution in [0.4, 0.5) is 5.69 Å². The minimum atomic E-state index is -0.651. The third-order valence-electron chi connectivity index (χ3n) is 5.68. The van der Waals surface area contributed by atoms with Gasteiger partial charge in [0.25, 0.3) is 0 Å². The Kier molecular flexibility index (Phi) is 6.30. The van der Waals surface area contributed by atoms with Gasteiger partial charge in [0.1, 0.15) is 0 Å². The topological polar surface area (TPSA) is 60.9 Å². The molecule has 0 aliphatic carbocycles. The second-order valence-electron chi connectivity index (χ2n) is 7.57. The van der Waals surface area contributed by atoms with Crippen molar-refractivity contribution in [3.63, 3.8) is 0 Å². The fraction of sp³-hybridized carbons (Fsp3) is 0.619. The SMILES string of the molecule is CCCC(=O)N1CCCc2cc(CCN3CCC(C(=O)O)CC3)ccc21. The fourth-order valence-electron chi connectivity index (χ4n) is 4.10. The summed E-state index contributed by atoms with van der Waals surface area (Å²) >= 11 is 0. The summed E-state index contributed by atoms with van der Waals surface area (Å²) in [5.41, 5.74) is 3.71. The first-order valence-electron chi connectivity index (χ1n) is 9.95. The van der Waals surface area contributed by atoms with Gasteiger partial charge in [0.05, 0.1) is 5.92 Å². The number of amides is 1. The van der Waals surface area contributed by atoms with Crippen LogP contribution in [0, 0.1) is 5.92 Å². The van der Waals surface area contributed by atoms with E-state index in [1.807, 2.05) is 11.8 Å². The van der Waals surface area contributed by atoms with Gasteiger partial charge in [-0.1, -0.05) is 19.1 Å². The Morgan fingerprint density at radius 2 is 1.96 bits per heavy atom. The minimum Gasteiger partial charge on any atom is -0.481 e. The molecular formula is C21H30N2O3. The number of carbonyl (C=O) groups is 2. The molecule has 0 radical (unpaired) electrons. The van der Waals surface area contributed by atoms with E-state index < -0.39 is 5.97 Å². The fourth-order valence-corrected chi connectivity index (χ4v) is 4.10. The first-order valence-corrected chi connectivity index (χ1v) is 9.95. The molecule has 1 aromatic carbocycles. The molecule has 5 nitrogen and oxygen atoms in total. The van der Waals surface area contributed by atoms with Gasteiger partial charge >= 0.3 is 5.97 Å². The van der Waals surface area contributed by atoms with Crippen molar-refractivity contribution in [1.29, 1.82) is 0 Å². The van der Waals surface area contributed by atoms with Gasteiger partial charge in [-0.05, 0) is 68.8 Å². The van der Waals surface area contributed by atoms with E-state index in [4.69, 9.17) is 5.11 Å². The number of carboxylic acids is 1. The van der Waals surface area contributed by atoms with E-state index in [9.17, 15) is 9.59 Å². The molecule has 26 heavy (non-hydrogen) atoms. The number of rotatable bonds is 6.